The second-order valence-electron chi connectivity index (χ2n) is 8.84. The first-order chi connectivity index (χ1) is 14.6. The molecule has 6 heteroatoms. The van der Waals surface area contributed by atoms with Gasteiger partial charge in [-0.15, -0.1) is 0 Å². The molecule has 1 unspecified atom stereocenters. The molecule has 0 aliphatic carbocycles. The number of benzene rings is 1. The van der Waals surface area contributed by atoms with Gasteiger partial charge in [0.05, 0.1) is 6.54 Å². The van der Waals surface area contributed by atoms with E-state index in [9.17, 15) is 9.59 Å². The minimum absolute atomic E-state index is 0.0358. The van der Waals surface area contributed by atoms with Gasteiger partial charge in [-0.1, -0.05) is 32.9 Å². The summed E-state index contributed by atoms with van der Waals surface area (Å²) < 4.78 is 2.03. The first-order valence-electron chi connectivity index (χ1n) is 11.2. The number of carbonyl (C=O) groups excluding carboxylic acids is 2. The molecule has 0 radical (unpaired) electrons. The Labute approximate surface area is 187 Å². The number of nitrogens with zero attached hydrogens (tertiary/aromatic N) is 3. The molecule has 6 nitrogen and oxygen atoms in total. The fraction of sp³-hybridized carbons (Fsp3) is 0.520. The Morgan fingerprint density at radius 3 is 2.39 bits per heavy atom. The third-order valence-electron chi connectivity index (χ3n) is 5.88. The maximum absolute atomic E-state index is 13.3. The number of aryl methyl sites for hydroxylation is 2. The van der Waals surface area contributed by atoms with Gasteiger partial charge in [0.25, 0.3) is 0 Å². The maximum Gasteiger partial charge on any atom is 0.322 e. The van der Waals surface area contributed by atoms with Gasteiger partial charge in [0.2, 0.25) is 5.91 Å². The van der Waals surface area contributed by atoms with Crippen LogP contribution in [0.5, 0.6) is 0 Å². The zero-order valence-corrected chi connectivity index (χ0v) is 20.1. The molecule has 1 atom stereocenters. The van der Waals surface area contributed by atoms with Gasteiger partial charge in [-0.05, 0) is 62.4 Å². The highest BCUT2D eigenvalue weighted by Crippen LogP contribution is 2.19. The molecular weight excluding hydrogens is 388 g/mol. The number of amides is 3. The second kappa shape index (κ2) is 11.0. The monoisotopic (exact) mass is 426 g/mol. The third-order valence-corrected chi connectivity index (χ3v) is 5.88. The van der Waals surface area contributed by atoms with E-state index in [0.29, 0.717) is 19.0 Å². The van der Waals surface area contributed by atoms with E-state index in [1.807, 2.05) is 80.7 Å². The Bertz CT molecular complexity index is 887. The fourth-order valence-corrected chi connectivity index (χ4v) is 3.52. The van der Waals surface area contributed by atoms with E-state index in [1.165, 1.54) is 0 Å². The van der Waals surface area contributed by atoms with Crippen LogP contribution in [0.25, 0.3) is 0 Å². The minimum atomic E-state index is -0.236. The van der Waals surface area contributed by atoms with Crippen LogP contribution >= 0.6 is 0 Å². The van der Waals surface area contributed by atoms with Crippen molar-refractivity contribution in [3.05, 3.63) is 53.3 Å². The highest BCUT2D eigenvalue weighted by atomic mass is 16.2. The molecule has 0 spiro atoms. The summed E-state index contributed by atoms with van der Waals surface area (Å²) in [5, 5.41) is 3.02. The SMILES string of the molecule is CCC(C)N(CC(=O)N(Cc1cccn1C)CC(C)C)C(=O)Nc1cccc(C)c1C. The van der Waals surface area contributed by atoms with Gasteiger partial charge in [0.1, 0.15) is 6.54 Å². The summed E-state index contributed by atoms with van der Waals surface area (Å²) in [5.74, 6) is 0.302. The van der Waals surface area contributed by atoms with Crippen LogP contribution in [0.2, 0.25) is 0 Å². The summed E-state index contributed by atoms with van der Waals surface area (Å²) >= 11 is 0. The molecule has 1 N–H and O–H groups in total. The Hall–Kier alpha value is -2.76. The van der Waals surface area contributed by atoms with E-state index in [2.05, 4.69) is 19.2 Å². The summed E-state index contributed by atoms with van der Waals surface area (Å²) in [5.41, 5.74) is 4.02. The molecule has 3 amide bonds. The standard InChI is InChI=1S/C25H38N4O2/c1-8-20(5)29(25(31)26-23-13-9-11-19(4)21(23)6)17-24(30)28(15-18(2)3)16-22-12-10-14-27(22)7/h9-14,18,20H,8,15-17H2,1-7H3,(H,26,31). The number of hydrogen-bond donors (Lipinski definition) is 1. The van der Waals surface area contributed by atoms with E-state index in [-0.39, 0.29) is 24.5 Å². The van der Waals surface area contributed by atoms with Crippen LogP contribution < -0.4 is 5.32 Å². The first-order valence-corrected chi connectivity index (χ1v) is 11.2. The topological polar surface area (TPSA) is 57.6 Å². The average molecular weight is 427 g/mol. The number of rotatable bonds is 9. The van der Waals surface area contributed by atoms with Gasteiger partial charge >= 0.3 is 6.03 Å². The Balaban J connectivity index is 2.20. The van der Waals surface area contributed by atoms with E-state index >= 15 is 0 Å². The molecule has 0 aliphatic rings. The summed E-state index contributed by atoms with van der Waals surface area (Å²) in [6.45, 7) is 13.5. The van der Waals surface area contributed by atoms with Crippen LogP contribution in [0.15, 0.2) is 36.5 Å². The number of carbonyl (C=O) groups is 2. The fourth-order valence-electron chi connectivity index (χ4n) is 3.52. The van der Waals surface area contributed by atoms with Gasteiger partial charge < -0.3 is 19.7 Å². The van der Waals surface area contributed by atoms with Crippen molar-refractivity contribution in [2.24, 2.45) is 13.0 Å². The van der Waals surface area contributed by atoms with Gasteiger partial charge in [-0.25, -0.2) is 4.79 Å². The molecule has 170 valence electrons. The highest BCUT2D eigenvalue weighted by molar-refractivity contribution is 5.93. The zero-order valence-electron chi connectivity index (χ0n) is 20.1. The van der Waals surface area contributed by atoms with Crippen molar-refractivity contribution in [2.45, 2.75) is 60.5 Å². The predicted molar refractivity (Wildman–Crippen MR) is 127 cm³/mol. The van der Waals surface area contributed by atoms with E-state index in [1.54, 1.807) is 4.90 Å². The van der Waals surface area contributed by atoms with Crippen molar-refractivity contribution in [2.75, 3.05) is 18.4 Å². The van der Waals surface area contributed by atoms with E-state index in [4.69, 9.17) is 0 Å². The zero-order chi connectivity index (χ0) is 23.1. The molecule has 2 aromatic rings. The Morgan fingerprint density at radius 1 is 1.10 bits per heavy atom. The number of anilines is 1. The summed E-state index contributed by atoms with van der Waals surface area (Å²) in [4.78, 5) is 30.0. The molecule has 1 heterocycles. The van der Waals surface area contributed by atoms with Crippen LogP contribution in [0.1, 0.15) is 50.9 Å². The Kier molecular flexibility index (Phi) is 8.72. The van der Waals surface area contributed by atoms with Crippen molar-refractivity contribution in [3.63, 3.8) is 0 Å². The molecule has 0 saturated carbocycles. The van der Waals surface area contributed by atoms with Gasteiger partial charge in [0.15, 0.2) is 0 Å². The Morgan fingerprint density at radius 2 is 1.81 bits per heavy atom. The molecule has 0 bridgehead atoms. The molecular formula is C25H38N4O2. The van der Waals surface area contributed by atoms with Crippen LogP contribution in [0.3, 0.4) is 0 Å². The van der Waals surface area contributed by atoms with Crippen LogP contribution in [0.4, 0.5) is 10.5 Å². The minimum Gasteiger partial charge on any atom is -0.353 e. The molecule has 2 rings (SSSR count). The van der Waals surface area contributed by atoms with Crippen molar-refractivity contribution >= 4 is 17.6 Å². The lowest BCUT2D eigenvalue weighted by Crippen LogP contribution is -2.48. The van der Waals surface area contributed by atoms with Gasteiger partial charge in [-0.3, -0.25) is 4.79 Å². The van der Waals surface area contributed by atoms with Crippen molar-refractivity contribution in [3.8, 4) is 0 Å². The van der Waals surface area contributed by atoms with Crippen molar-refractivity contribution < 1.29 is 9.59 Å². The molecule has 0 aliphatic heterocycles. The van der Waals surface area contributed by atoms with Crippen LogP contribution in [0, 0.1) is 19.8 Å². The smallest absolute Gasteiger partial charge is 0.322 e. The summed E-state index contributed by atoms with van der Waals surface area (Å²) in [6.07, 6.45) is 2.76. The van der Waals surface area contributed by atoms with E-state index < -0.39 is 0 Å². The number of aromatic nitrogens is 1. The van der Waals surface area contributed by atoms with Crippen LogP contribution in [-0.2, 0) is 18.4 Å². The molecule has 1 aromatic heterocycles. The third kappa shape index (κ3) is 6.61. The number of urea groups is 1. The maximum atomic E-state index is 13.3. The molecule has 0 saturated heterocycles. The summed E-state index contributed by atoms with van der Waals surface area (Å²) in [7, 11) is 1.98. The predicted octanol–water partition coefficient (Wildman–Crippen LogP) is 4.96. The first kappa shape index (κ1) is 24.5. The largest absolute Gasteiger partial charge is 0.353 e. The molecule has 0 fully saturated rings. The quantitative estimate of drug-likeness (QED) is 0.616. The van der Waals surface area contributed by atoms with Gasteiger partial charge in [-0.2, -0.15) is 0 Å². The van der Waals surface area contributed by atoms with Gasteiger partial charge in [0, 0.05) is 37.2 Å². The lowest BCUT2D eigenvalue weighted by Gasteiger charge is -2.32. The normalized spacial score (nSPS) is 12.0. The summed E-state index contributed by atoms with van der Waals surface area (Å²) in [6, 6.07) is 9.58. The average Bonchev–Trinajstić information content (AvgIpc) is 3.12. The van der Waals surface area contributed by atoms with Crippen molar-refractivity contribution in [1.82, 2.24) is 14.4 Å². The lowest BCUT2D eigenvalue weighted by molar-refractivity contribution is -0.133. The number of hydrogen-bond acceptors (Lipinski definition) is 2. The molecule has 1 aromatic carbocycles. The van der Waals surface area contributed by atoms with E-state index in [0.717, 1.165) is 28.9 Å². The lowest BCUT2D eigenvalue weighted by atomic mass is 10.1. The number of nitrogens with one attached hydrogen (secondary N) is 1. The molecule has 31 heavy (non-hydrogen) atoms. The second-order valence-corrected chi connectivity index (χ2v) is 8.84. The van der Waals surface area contributed by atoms with Crippen LogP contribution in [-0.4, -0.2) is 45.4 Å². The highest BCUT2D eigenvalue weighted by Gasteiger charge is 2.26. The van der Waals surface area contributed by atoms with Crippen molar-refractivity contribution in [1.29, 1.82) is 0 Å².